The Balaban J connectivity index is 2.02. The maximum Gasteiger partial charge on any atom is 0.389 e. The van der Waals surface area contributed by atoms with Gasteiger partial charge in [0.2, 0.25) is 0 Å². The highest BCUT2D eigenvalue weighted by molar-refractivity contribution is 4.74. The van der Waals surface area contributed by atoms with Crippen LogP contribution in [0.2, 0.25) is 0 Å². The molecule has 0 amide bonds. The predicted octanol–water partition coefficient (Wildman–Crippen LogP) is 2.03. The van der Waals surface area contributed by atoms with Gasteiger partial charge in [-0.15, -0.1) is 0 Å². The van der Waals surface area contributed by atoms with Crippen molar-refractivity contribution in [2.45, 2.75) is 31.9 Å². The molecule has 0 saturated carbocycles. The van der Waals surface area contributed by atoms with Gasteiger partial charge in [-0.2, -0.15) is 13.2 Å². The molecule has 1 unspecified atom stereocenters. The van der Waals surface area contributed by atoms with Gasteiger partial charge in [0, 0.05) is 19.6 Å². The molecule has 1 aliphatic rings. The number of likely N-dealkylation sites (tertiary alicyclic amines) is 1. The zero-order valence-electron chi connectivity index (χ0n) is 8.76. The molecule has 1 fully saturated rings. The minimum absolute atomic E-state index is 0.194. The van der Waals surface area contributed by atoms with Crippen molar-refractivity contribution in [2.75, 3.05) is 26.2 Å². The molecule has 1 heterocycles. The van der Waals surface area contributed by atoms with Gasteiger partial charge in [-0.3, -0.25) is 0 Å². The number of aliphatic hydroxyl groups is 1. The fourth-order valence-electron chi connectivity index (χ4n) is 1.93. The third-order valence-electron chi connectivity index (χ3n) is 2.81. The lowest BCUT2D eigenvalue weighted by molar-refractivity contribution is -0.135. The molecule has 0 bridgehead atoms. The van der Waals surface area contributed by atoms with Crippen molar-refractivity contribution in [3.05, 3.63) is 0 Å². The largest absolute Gasteiger partial charge is 0.396 e. The molecule has 90 valence electrons. The summed E-state index contributed by atoms with van der Waals surface area (Å²) >= 11 is 0. The zero-order valence-corrected chi connectivity index (χ0v) is 8.76. The number of rotatable bonds is 5. The van der Waals surface area contributed by atoms with E-state index in [1.54, 1.807) is 0 Å². The molecule has 5 heteroatoms. The fourth-order valence-corrected chi connectivity index (χ4v) is 1.93. The van der Waals surface area contributed by atoms with Gasteiger partial charge in [-0.1, -0.05) is 0 Å². The Hall–Kier alpha value is -0.290. The quantitative estimate of drug-likeness (QED) is 0.724. The summed E-state index contributed by atoms with van der Waals surface area (Å²) < 4.78 is 35.5. The first-order chi connectivity index (χ1) is 7.01. The van der Waals surface area contributed by atoms with Crippen LogP contribution in [0.4, 0.5) is 13.2 Å². The van der Waals surface area contributed by atoms with Crippen molar-refractivity contribution >= 4 is 0 Å². The number of hydrogen-bond donors (Lipinski definition) is 1. The van der Waals surface area contributed by atoms with Crippen LogP contribution in [-0.2, 0) is 0 Å². The van der Waals surface area contributed by atoms with Crippen LogP contribution in [0.15, 0.2) is 0 Å². The molecule has 1 saturated heterocycles. The number of hydrogen-bond acceptors (Lipinski definition) is 2. The molecular formula is C10H18F3NO. The highest BCUT2D eigenvalue weighted by atomic mass is 19.4. The van der Waals surface area contributed by atoms with Crippen LogP contribution in [0.1, 0.15) is 25.7 Å². The molecule has 0 aromatic carbocycles. The molecular weight excluding hydrogens is 207 g/mol. The summed E-state index contributed by atoms with van der Waals surface area (Å²) in [5, 5.41) is 8.89. The lowest BCUT2D eigenvalue weighted by atomic mass is 10.1. The van der Waals surface area contributed by atoms with Crippen molar-refractivity contribution < 1.29 is 18.3 Å². The number of unbranched alkanes of at least 4 members (excludes halogenated alkanes) is 1. The molecule has 0 spiro atoms. The van der Waals surface area contributed by atoms with E-state index in [1.165, 1.54) is 0 Å². The second kappa shape index (κ2) is 5.70. The SMILES string of the molecule is OCC1CCN(CCCCC(F)(F)F)C1. The van der Waals surface area contributed by atoms with E-state index >= 15 is 0 Å². The topological polar surface area (TPSA) is 23.5 Å². The molecule has 15 heavy (non-hydrogen) atoms. The van der Waals surface area contributed by atoms with Crippen molar-refractivity contribution in [3.8, 4) is 0 Å². The molecule has 1 rings (SSSR count). The van der Waals surface area contributed by atoms with Crippen LogP contribution in [0.5, 0.6) is 0 Å². The van der Waals surface area contributed by atoms with Crippen molar-refractivity contribution in [1.82, 2.24) is 4.90 Å². The summed E-state index contributed by atoms with van der Waals surface area (Å²) in [7, 11) is 0. The average Bonchev–Trinajstić information content (AvgIpc) is 2.59. The number of aliphatic hydroxyl groups excluding tert-OH is 1. The standard InChI is InChI=1S/C10H18F3NO/c11-10(12,13)4-1-2-5-14-6-3-9(7-14)8-15/h9,15H,1-8H2. The predicted molar refractivity (Wildman–Crippen MR) is 51.5 cm³/mol. The van der Waals surface area contributed by atoms with Gasteiger partial charge in [-0.25, -0.2) is 0 Å². The lowest BCUT2D eigenvalue weighted by Gasteiger charge is -2.15. The third-order valence-corrected chi connectivity index (χ3v) is 2.81. The number of alkyl halides is 3. The summed E-state index contributed by atoms with van der Waals surface area (Å²) in [6.07, 6.45) is -2.92. The van der Waals surface area contributed by atoms with Crippen LogP contribution in [-0.4, -0.2) is 42.4 Å². The lowest BCUT2D eigenvalue weighted by Crippen LogP contribution is -2.23. The smallest absolute Gasteiger partial charge is 0.389 e. The Morgan fingerprint density at radius 3 is 2.53 bits per heavy atom. The Labute approximate surface area is 88.1 Å². The van der Waals surface area contributed by atoms with E-state index < -0.39 is 12.6 Å². The van der Waals surface area contributed by atoms with Crippen LogP contribution in [0.3, 0.4) is 0 Å². The van der Waals surface area contributed by atoms with E-state index in [2.05, 4.69) is 4.90 Å². The van der Waals surface area contributed by atoms with Gasteiger partial charge in [0.05, 0.1) is 0 Å². The van der Waals surface area contributed by atoms with Gasteiger partial charge >= 0.3 is 6.18 Å². The maximum absolute atomic E-state index is 11.8. The van der Waals surface area contributed by atoms with E-state index in [0.29, 0.717) is 12.3 Å². The molecule has 1 atom stereocenters. The first-order valence-electron chi connectivity index (χ1n) is 5.41. The van der Waals surface area contributed by atoms with Crippen molar-refractivity contribution in [3.63, 3.8) is 0 Å². The summed E-state index contributed by atoms with van der Waals surface area (Å²) in [6, 6.07) is 0. The van der Waals surface area contributed by atoms with Gasteiger partial charge < -0.3 is 10.0 Å². The van der Waals surface area contributed by atoms with Crippen LogP contribution >= 0.6 is 0 Å². The molecule has 0 radical (unpaired) electrons. The van der Waals surface area contributed by atoms with E-state index in [-0.39, 0.29) is 13.0 Å². The summed E-state index contributed by atoms with van der Waals surface area (Å²) in [4.78, 5) is 2.14. The van der Waals surface area contributed by atoms with E-state index in [1.807, 2.05) is 0 Å². The van der Waals surface area contributed by atoms with E-state index in [9.17, 15) is 13.2 Å². The van der Waals surface area contributed by atoms with E-state index in [0.717, 1.165) is 26.1 Å². The number of halogens is 3. The zero-order chi connectivity index (χ0) is 11.3. The molecule has 2 nitrogen and oxygen atoms in total. The summed E-state index contributed by atoms with van der Waals surface area (Å²) in [5.74, 6) is 0.326. The first-order valence-corrected chi connectivity index (χ1v) is 5.41. The fraction of sp³-hybridized carbons (Fsp3) is 1.00. The Bertz CT molecular complexity index is 184. The molecule has 0 aromatic heterocycles. The third kappa shape index (κ3) is 5.37. The van der Waals surface area contributed by atoms with Crippen molar-refractivity contribution in [1.29, 1.82) is 0 Å². The summed E-state index contributed by atoms with van der Waals surface area (Å²) in [6.45, 7) is 2.67. The second-order valence-electron chi connectivity index (χ2n) is 4.21. The normalized spacial score (nSPS) is 23.6. The number of nitrogens with zero attached hydrogens (tertiary/aromatic N) is 1. The van der Waals surface area contributed by atoms with Crippen LogP contribution < -0.4 is 0 Å². The summed E-state index contributed by atoms with van der Waals surface area (Å²) in [5.41, 5.74) is 0. The first kappa shape index (κ1) is 12.8. The Morgan fingerprint density at radius 1 is 1.27 bits per heavy atom. The van der Waals surface area contributed by atoms with Gasteiger partial charge in [0.25, 0.3) is 0 Å². The van der Waals surface area contributed by atoms with Crippen molar-refractivity contribution in [2.24, 2.45) is 5.92 Å². The average molecular weight is 225 g/mol. The molecule has 1 N–H and O–H groups in total. The van der Waals surface area contributed by atoms with Crippen LogP contribution in [0, 0.1) is 5.92 Å². The molecule has 0 aromatic rings. The van der Waals surface area contributed by atoms with Gasteiger partial charge in [-0.05, 0) is 38.3 Å². The minimum atomic E-state index is -4.02. The Kier molecular flexibility index (Phi) is 4.86. The molecule has 0 aliphatic carbocycles. The Morgan fingerprint density at radius 2 is 2.00 bits per heavy atom. The maximum atomic E-state index is 11.8. The highest BCUT2D eigenvalue weighted by Gasteiger charge is 2.26. The van der Waals surface area contributed by atoms with E-state index in [4.69, 9.17) is 5.11 Å². The minimum Gasteiger partial charge on any atom is -0.396 e. The van der Waals surface area contributed by atoms with Gasteiger partial charge in [0.1, 0.15) is 0 Å². The van der Waals surface area contributed by atoms with Gasteiger partial charge in [0.15, 0.2) is 0 Å². The second-order valence-corrected chi connectivity index (χ2v) is 4.21. The molecule has 1 aliphatic heterocycles. The van der Waals surface area contributed by atoms with Crippen LogP contribution in [0.25, 0.3) is 0 Å². The monoisotopic (exact) mass is 225 g/mol. The highest BCUT2D eigenvalue weighted by Crippen LogP contribution is 2.23.